The highest BCUT2D eigenvalue weighted by Crippen LogP contribution is 2.37. The lowest BCUT2D eigenvalue weighted by Crippen LogP contribution is -2.33. The number of aromatic nitrogens is 2. The number of nitrogens with one attached hydrogen (secondary N) is 1. The van der Waals surface area contributed by atoms with Gasteiger partial charge in [-0.3, -0.25) is 9.83 Å². The minimum atomic E-state index is -0.0604. The van der Waals surface area contributed by atoms with E-state index in [-0.39, 0.29) is 6.04 Å². The summed E-state index contributed by atoms with van der Waals surface area (Å²) in [6.07, 6.45) is 0. The van der Waals surface area contributed by atoms with Crippen LogP contribution in [0.2, 0.25) is 10.0 Å². The van der Waals surface area contributed by atoms with Crippen molar-refractivity contribution in [3.63, 3.8) is 0 Å². The molecule has 0 amide bonds. The van der Waals surface area contributed by atoms with E-state index in [1.807, 2.05) is 19.9 Å². The minimum Gasteiger partial charge on any atom is -0.272 e. The Kier molecular flexibility index (Phi) is 6.13. The molecular formula is C20H18Cl2N4OS2. The largest absolute Gasteiger partial charge is 0.272 e. The van der Waals surface area contributed by atoms with E-state index in [4.69, 9.17) is 33.0 Å². The highest BCUT2D eigenvalue weighted by Gasteiger charge is 2.25. The molecule has 29 heavy (non-hydrogen) atoms. The van der Waals surface area contributed by atoms with E-state index in [1.54, 1.807) is 23.5 Å². The van der Waals surface area contributed by atoms with E-state index in [1.165, 1.54) is 21.5 Å². The molecule has 3 heterocycles. The second-order valence-corrected chi connectivity index (χ2v) is 9.82. The number of hydroxylamine groups is 1. The molecule has 0 bridgehead atoms. The summed E-state index contributed by atoms with van der Waals surface area (Å²) in [6.45, 7) is 6.51. The van der Waals surface area contributed by atoms with Gasteiger partial charge in [0.2, 0.25) is 0 Å². The van der Waals surface area contributed by atoms with Gasteiger partial charge in [-0.1, -0.05) is 35.0 Å². The Balaban J connectivity index is 1.76. The first kappa shape index (κ1) is 20.6. The first-order valence-corrected chi connectivity index (χ1v) is 11.3. The summed E-state index contributed by atoms with van der Waals surface area (Å²) in [5.41, 5.74) is 5.68. The summed E-state index contributed by atoms with van der Waals surface area (Å²) < 4.78 is 0. The van der Waals surface area contributed by atoms with Crippen LogP contribution in [0.15, 0.2) is 45.2 Å². The summed E-state index contributed by atoms with van der Waals surface area (Å²) >= 11 is 15.6. The van der Waals surface area contributed by atoms with Crippen LogP contribution in [0.3, 0.4) is 0 Å². The Morgan fingerprint density at radius 2 is 1.97 bits per heavy atom. The summed E-state index contributed by atoms with van der Waals surface area (Å²) in [7, 11) is 0. The number of benzene rings is 1. The summed E-state index contributed by atoms with van der Waals surface area (Å²) in [6, 6.07) is 9.54. The fraction of sp³-hybridized carbons (Fsp3) is 0.250. The highest BCUT2D eigenvalue weighted by atomic mass is 35.5. The third-order valence-corrected chi connectivity index (χ3v) is 7.36. The maximum atomic E-state index is 6.37. The molecule has 4 rings (SSSR count). The molecule has 2 aromatic heterocycles. The molecule has 0 saturated heterocycles. The van der Waals surface area contributed by atoms with Gasteiger partial charge in [-0.15, -0.1) is 16.4 Å². The van der Waals surface area contributed by atoms with Crippen molar-refractivity contribution < 1.29 is 4.84 Å². The molecule has 1 N–H and O–H groups in total. The average Bonchev–Trinajstić information content (AvgIpc) is 3.13. The number of aliphatic imine (C=N–C) groups is 1. The summed E-state index contributed by atoms with van der Waals surface area (Å²) in [5, 5.41) is 10.6. The molecule has 0 spiro atoms. The predicted molar refractivity (Wildman–Crippen MR) is 120 cm³/mol. The Morgan fingerprint density at radius 1 is 1.14 bits per heavy atom. The zero-order chi connectivity index (χ0) is 20.5. The van der Waals surface area contributed by atoms with Crippen molar-refractivity contribution in [2.24, 2.45) is 4.99 Å². The molecule has 1 aliphatic rings. The average molecular weight is 465 g/mol. The van der Waals surface area contributed by atoms with Crippen LogP contribution in [0.5, 0.6) is 0 Å². The third-order valence-electron chi connectivity index (χ3n) is 4.54. The van der Waals surface area contributed by atoms with Crippen molar-refractivity contribution in [2.45, 2.75) is 36.7 Å². The van der Waals surface area contributed by atoms with E-state index >= 15 is 0 Å². The Labute approximate surface area is 187 Å². The van der Waals surface area contributed by atoms with Crippen LogP contribution in [0.4, 0.5) is 0 Å². The summed E-state index contributed by atoms with van der Waals surface area (Å²) in [5.74, 6) is 0.649. The predicted octanol–water partition coefficient (Wildman–Crippen LogP) is 5.94. The lowest BCUT2D eigenvalue weighted by molar-refractivity contribution is 0.0627. The van der Waals surface area contributed by atoms with Gasteiger partial charge in [0.1, 0.15) is 17.7 Å². The maximum absolute atomic E-state index is 6.37. The second-order valence-electron chi connectivity index (χ2n) is 6.62. The topological polar surface area (TPSA) is 59.4 Å². The van der Waals surface area contributed by atoms with Gasteiger partial charge in [-0.2, -0.15) is 5.10 Å². The Hall–Kier alpha value is -1.64. The SMILES string of the molecule is Cc1ccc([C@@H]2CONC(c3c(Sc4ccc(Cl)cc4Cl)nnc(C)c3C)=N2)s1. The second kappa shape index (κ2) is 8.62. The molecule has 150 valence electrons. The molecule has 5 nitrogen and oxygen atoms in total. The lowest BCUT2D eigenvalue weighted by atomic mass is 10.1. The zero-order valence-corrected chi connectivity index (χ0v) is 19.1. The van der Waals surface area contributed by atoms with Crippen molar-refractivity contribution in [3.05, 3.63) is 67.0 Å². The normalized spacial score (nSPS) is 16.4. The first-order chi connectivity index (χ1) is 13.9. The van der Waals surface area contributed by atoms with Crippen molar-refractivity contribution >= 4 is 52.1 Å². The third kappa shape index (κ3) is 4.44. The molecule has 9 heteroatoms. The van der Waals surface area contributed by atoms with Crippen molar-refractivity contribution in [2.75, 3.05) is 6.61 Å². The van der Waals surface area contributed by atoms with Crippen LogP contribution < -0.4 is 5.48 Å². The molecule has 0 fully saturated rings. The molecule has 0 saturated carbocycles. The zero-order valence-electron chi connectivity index (χ0n) is 16.0. The van der Waals surface area contributed by atoms with Gasteiger partial charge in [-0.05, 0) is 56.7 Å². The molecule has 1 aliphatic heterocycles. The van der Waals surface area contributed by atoms with E-state index in [0.717, 1.165) is 21.7 Å². The van der Waals surface area contributed by atoms with Gasteiger partial charge in [0.15, 0.2) is 5.84 Å². The molecule has 0 radical (unpaired) electrons. The Bertz CT molecular complexity index is 1100. The number of halogens is 2. The van der Waals surface area contributed by atoms with Gasteiger partial charge >= 0.3 is 0 Å². The fourth-order valence-electron chi connectivity index (χ4n) is 2.90. The number of hydrogen-bond donors (Lipinski definition) is 1. The minimum absolute atomic E-state index is 0.0604. The van der Waals surface area contributed by atoms with Gasteiger partial charge in [-0.25, -0.2) is 5.48 Å². The van der Waals surface area contributed by atoms with Gasteiger partial charge < -0.3 is 0 Å². The number of aryl methyl sites for hydroxylation is 2. The van der Waals surface area contributed by atoms with Gasteiger partial charge in [0, 0.05) is 19.7 Å². The van der Waals surface area contributed by atoms with E-state index in [0.29, 0.717) is 27.5 Å². The smallest absolute Gasteiger partial charge is 0.156 e. The molecule has 1 atom stereocenters. The molecular weight excluding hydrogens is 447 g/mol. The van der Waals surface area contributed by atoms with Crippen molar-refractivity contribution in [1.29, 1.82) is 0 Å². The first-order valence-electron chi connectivity index (χ1n) is 8.91. The number of amidine groups is 1. The monoisotopic (exact) mass is 464 g/mol. The quantitative estimate of drug-likeness (QED) is 0.517. The van der Waals surface area contributed by atoms with Crippen LogP contribution in [0.25, 0.3) is 0 Å². The lowest BCUT2D eigenvalue weighted by Gasteiger charge is -2.23. The molecule has 3 aromatic rings. The van der Waals surface area contributed by atoms with E-state index in [9.17, 15) is 0 Å². The van der Waals surface area contributed by atoms with Crippen LogP contribution in [-0.2, 0) is 4.84 Å². The van der Waals surface area contributed by atoms with E-state index < -0.39 is 0 Å². The number of thiophene rings is 1. The van der Waals surface area contributed by atoms with Gasteiger partial charge in [0.05, 0.1) is 16.3 Å². The summed E-state index contributed by atoms with van der Waals surface area (Å²) in [4.78, 5) is 13.9. The van der Waals surface area contributed by atoms with Crippen LogP contribution in [-0.4, -0.2) is 22.6 Å². The van der Waals surface area contributed by atoms with E-state index in [2.05, 4.69) is 34.7 Å². The maximum Gasteiger partial charge on any atom is 0.156 e. The van der Waals surface area contributed by atoms with Crippen molar-refractivity contribution in [1.82, 2.24) is 15.7 Å². The standard InChI is InChI=1S/C20H18Cl2N4OS2/c1-10-4-6-17(28-10)15-9-27-26-19(23-15)18-11(2)12(3)24-25-20(18)29-16-7-5-13(21)8-14(16)22/h4-8,15H,9H2,1-3H3,(H,23,26)/t15-/m0/s1. The Morgan fingerprint density at radius 3 is 2.69 bits per heavy atom. The number of nitrogens with zero attached hydrogens (tertiary/aromatic N) is 3. The molecule has 1 aromatic carbocycles. The highest BCUT2D eigenvalue weighted by molar-refractivity contribution is 7.99. The van der Waals surface area contributed by atoms with Gasteiger partial charge in [0.25, 0.3) is 0 Å². The fourth-order valence-corrected chi connectivity index (χ4v) is 5.26. The number of rotatable bonds is 4. The van der Waals surface area contributed by atoms with Crippen LogP contribution in [0, 0.1) is 20.8 Å². The van der Waals surface area contributed by atoms with Crippen LogP contribution >= 0.6 is 46.3 Å². The molecule has 0 aliphatic carbocycles. The molecule has 0 unspecified atom stereocenters. The van der Waals surface area contributed by atoms with Crippen molar-refractivity contribution in [3.8, 4) is 0 Å². The number of hydrogen-bond acceptors (Lipinski definition) is 7. The van der Waals surface area contributed by atoms with Crippen LogP contribution in [0.1, 0.15) is 32.6 Å².